The van der Waals surface area contributed by atoms with Gasteiger partial charge in [0.1, 0.15) is 17.7 Å². The van der Waals surface area contributed by atoms with E-state index in [-0.39, 0.29) is 24.3 Å². The van der Waals surface area contributed by atoms with Crippen molar-refractivity contribution in [3.8, 4) is 0 Å². The summed E-state index contributed by atoms with van der Waals surface area (Å²) in [7, 11) is 0. The minimum Gasteiger partial charge on any atom is -0.444 e. The van der Waals surface area contributed by atoms with E-state index in [0.717, 1.165) is 22.8 Å². The Hall–Kier alpha value is -3.87. The number of benzene rings is 3. The number of amides is 3. The lowest BCUT2D eigenvalue weighted by Gasteiger charge is -2.35. The van der Waals surface area contributed by atoms with E-state index in [1.807, 2.05) is 87.5 Å². The molecule has 208 valence electrons. The van der Waals surface area contributed by atoms with Crippen molar-refractivity contribution in [1.29, 1.82) is 0 Å². The molecule has 2 N–H and O–H groups in total. The quantitative estimate of drug-likeness (QED) is 0.331. The van der Waals surface area contributed by atoms with Crippen LogP contribution in [-0.2, 0) is 20.7 Å². The molecular weight excluding hydrogens is 490 g/mol. The Morgan fingerprint density at radius 3 is 2.10 bits per heavy atom. The van der Waals surface area contributed by atoms with E-state index in [1.54, 1.807) is 20.8 Å². The smallest absolute Gasteiger partial charge is 0.408 e. The minimum atomic E-state index is -0.901. The molecule has 0 saturated heterocycles. The van der Waals surface area contributed by atoms with E-state index in [1.165, 1.54) is 4.90 Å². The molecule has 3 amide bonds. The van der Waals surface area contributed by atoms with Crippen LogP contribution in [0.5, 0.6) is 0 Å². The summed E-state index contributed by atoms with van der Waals surface area (Å²) in [5, 5.41) is 7.84. The van der Waals surface area contributed by atoms with Crippen LogP contribution in [0.4, 0.5) is 10.5 Å². The van der Waals surface area contributed by atoms with Gasteiger partial charge in [0.05, 0.1) is 0 Å². The fourth-order valence-corrected chi connectivity index (χ4v) is 4.48. The summed E-state index contributed by atoms with van der Waals surface area (Å²) in [6.45, 7) is 13.2. The van der Waals surface area contributed by atoms with E-state index in [2.05, 4.69) is 17.6 Å². The molecule has 3 aromatic rings. The zero-order valence-electron chi connectivity index (χ0n) is 24.1. The van der Waals surface area contributed by atoms with E-state index >= 15 is 0 Å². The third-order valence-electron chi connectivity index (χ3n) is 6.51. The van der Waals surface area contributed by atoms with Crippen LogP contribution in [0.3, 0.4) is 0 Å². The number of hydrogen-bond acceptors (Lipinski definition) is 4. The zero-order chi connectivity index (χ0) is 28.7. The van der Waals surface area contributed by atoms with Gasteiger partial charge >= 0.3 is 6.09 Å². The van der Waals surface area contributed by atoms with Crippen molar-refractivity contribution in [3.63, 3.8) is 0 Å². The number of nitrogens with one attached hydrogen (secondary N) is 2. The van der Waals surface area contributed by atoms with Crippen LogP contribution >= 0.6 is 0 Å². The third-order valence-corrected chi connectivity index (χ3v) is 6.51. The SMILES string of the molecule is CCc1ccc(C(C(=O)Nc2ccc3ccccc3c2)N(CC)C(=O)C(NC(=O)OC(C)(C)C)C(C)C)cc1. The van der Waals surface area contributed by atoms with Gasteiger partial charge in [0.25, 0.3) is 5.91 Å². The number of carbonyl (C=O) groups excluding carboxylic acids is 3. The normalized spacial score (nSPS) is 13.0. The van der Waals surface area contributed by atoms with Crippen molar-refractivity contribution in [2.45, 2.75) is 72.6 Å². The molecule has 3 rings (SSSR count). The summed E-state index contributed by atoms with van der Waals surface area (Å²) in [5.74, 6) is -0.910. The van der Waals surface area contributed by atoms with Gasteiger partial charge < -0.3 is 20.3 Å². The molecule has 0 aliphatic rings. The Kier molecular flexibility index (Phi) is 9.73. The highest BCUT2D eigenvalue weighted by Gasteiger charge is 2.36. The first kappa shape index (κ1) is 29.7. The average molecular weight is 532 g/mol. The second kappa shape index (κ2) is 12.8. The highest BCUT2D eigenvalue weighted by atomic mass is 16.6. The van der Waals surface area contributed by atoms with Gasteiger partial charge in [-0.15, -0.1) is 0 Å². The van der Waals surface area contributed by atoms with Gasteiger partial charge in [0, 0.05) is 12.2 Å². The lowest BCUT2D eigenvalue weighted by molar-refractivity contribution is -0.141. The van der Waals surface area contributed by atoms with Crippen LogP contribution in [0.25, 0.3) is 10.8 Å². The largest absolute Gasteiger partial charge is 0.444 e. The monoisotopic (exact) mass is 531 g/mol. The number of anilines is 1. The number of hydrogen-bond donors (Lipinski definition) is 2. The van der Waals surface area contributed by atoms with Gasteiger partial charge in [-0.05, 0) is 74.1 Å². The fraction of sp³-hybridized carbons (Fsp3) is 0.406. The second-order valence-corrected chi connectivity index (χ2v) is 11.0. The van der Waals surface area contributed by atoms with E-state index < -0.39 is 23.8 Å². The summed E-state index contributed by atoms with van der Waals surface area (Å²) in [5.41, 5.74) is 1.76. The van der Waals surface area contributed by atoms with Crippen LogP contribution in [0.15, 0.2) is 66.7 Å². The number of alkyl carbamates (subject to hydrolysis) is 1. The van der Waals surface area contributed by atoms with Gasteiger partial charge in [-0.2, -0.15) is 0 Å². The first-order valence-electron chi connectivity index (χ1n) is 13.6. The van der Waals surface area contributed by atoms with Gasteiger partial charge in [0.15, 0.2) is 0 Å². The Labute approximate surface area is 231 Å². The standard InChI is InChI=1S/C32H41N3O4/c1-8-22-14-16-24(17-15-22)28(29(36)33-26-19-18-23-12-10-11-13-25(23)20-26)35(9-2)30(37)27(21(3)4)34-31(38)39-32(5,6)7/h10-21,27-28H,8-9H2,1-7H3,(H,33,36)(H,34,38). The van der Waals surface area contributed by atoms with Crippen molar-refractivity contribution in [2.75, 3.05) is 11.9 Å². The number of ether oxygens (including phenoxy) is 1. The lowest BCUT2D eigenvalue weighted by atomic mass is 9.98. The molecule has 7 nitrogen and oxygen atoms in total. The molecule has 0 aliphatic heterocycles. The molecule has 0 spiro atoms. The van der Waals surface area contributed by atoms with Crippen molar-refractivity contribution >= 4 is 34.4 Å². The van der Waals surface area contributed by atoms with Gasteiger partial charge in [0.2, 0.25) is 5.91 Å². The van der Waals surface area contributed by atoms with Gasteiger partial charge in [-0.1, -0.05) is 75.4 Å². The highest BCUT2D eigenvalue weighted by molar-refractivity contribution is 6.00. The molecule has 0 aliphatic carbocycles. The van der Waals surface area contributed by atoms with Crippen molar-refractivity contribution in [3.05, 3.63) is 77.9 Å². The van der Waals surface area contributed by atoms with E-state index in [4.69, 9.17) is 4.74 Å². The molecule has 0 aromatic heterocycles. The molecular formula is C32H41N3O4. The van der Waals surface area contributed by atoms with Crippen LogP contribution in [0.1, 0.15) is 65.6 Å². The van der Waals surface area contributed by atoms with E-state index in [0.29, 0.717) is 11.3 Å². The molecule has 39 heavy (non-hydrogen) atoms. The number of carbonyl (C=O) groups is 3. The molecule has 0 saturated carbocycles. The molecule has 2 unspecified atom stereocenters. The van der Waals surface area contributed by atoms with Gasteiger partial charge in [-0.25, -0.2) is 4.79 Å². The van der Waals surface area contributed by atoms with Crippen LogP contribution in [-0.4, -0.2) is 41.0 Å². The predicted molar refractivity (Wildman–Crippen MR) is 157 cm³/mol. The minimum absolute atomic E-state index is 0.231. The lowest BCUT2D eigenvalue weighted by Crippen LogP contribution is -2.54. The maximum Gasteiger partial charge on any atom is 0.408 e. The number of rotatable bonds is 9. The summed E-state index contributed by atoms with van der Waals surface area (Å²) in [6, 6.07) is 19.6. The summed E-state index contributed by atoms with van der Waals surface area (Å²) < 4.78 is 5.41. The first-order chi connectivity index (χ1) is 18.4. The highest BCUT2D eigenvalue weighted by Crippen LogP contribution is 2.27. The molecule has 2 atom stereocenters. The molecule has 3 aromatic carbocycles. The summed E-state index contributed by atoms with van der Waals surface area (Å²) >= 11 is 0. The third kappa shape index (κ3) is 7.82. The Morgan fingerprint density at radius 2 is 1.54 bits per heavy atom. The maximum atomic E-state index is 14.0. The second-order valence-electron chi connectivity index (χ2n) is 11.0. The first-order valence-corrected chi connectivity index (χ1v) is 13.6. The Morgan fingerprint density at radius 1 is 0.897 bits per heavy atom. The van der Waals surface area contributed by atoms with Crippen molar-refractivity contribution < 1.29 is 19.1 Å². The van der Waals surface area contributed by atoms with Crippen molar-refractivity contribution in [1.82, 2.24) is 10.2 Å². The van der Waals surface area contributed by atoms with Crippen LogP contribution in [0, 0.1) is 5.92 Å². The Bertz CT molecular complexity index is 1290. The predicted octanol–water partition coefficient (Wildman–Crippen LogP) is 6.48. The van der Waals surface area contributed by atoms with E-state index in [9.17, 15) is 14.4 Å². The number of nitrogens with zero attached hydrogens (tertiary/aromatic N) is 1. The van der Waals surface area contributed by atoms with Crippen LogP contribution < -0.4 is 10.6 Å². The van der Waals surface area contributed by atoms with Gasteiger partial charge in [-0.3, -0.25) is 9.59 Å². The number of fused-ring (bicyclic) bond motifs is 1. The summed E-state index contributed by atoms with van der Waals surface area (Å²) in [6.07, 6.45) is 0.190. The molecule has 0 bridgehead atoms. The molecule has 7 heteroatoms. The zero-order valence-corrected chi connectivity index (χ0v) is 24.1. The molecule has 0 fully saturated rings. The van der Waals surface area contributed by atoms with Crippen LogP contribution in [0.2, 0.25) is 0 Å². The Balaban J connectivity index is 1.96. The van der Waals surface area contributed by atoms with Crippen molar-refractivity contribution in [2.24, 2.45) is 5.92 Å². The molecule has 0 heterocycles. The number of likely N-dealkylation sites (N-methyl/N-ethyl adjacent to an activating group) is 1. The fourth-order valence-electron chi connectivity index (χ4n) is 4.48. The average Bonchev–Trinajstić information content (AvgIpc) is 2.88. The number of aryl methyl sites for hydroxylation is 1. The summed E-state index contributed by atoms with van der Waals surface area (Å²) in [4.78, 5) is 42.0. The maximum absolute atomic E-state index is 14.0. The molecule has 0 radical (unpaired) electrons. The topological polar surface area (TPSA) is 87.7 Å².